The number of nitrogens with zero attached hydrogens (tertiary/aromatic N) is 1. The third-order valence-electron chi connectivity index (χ3n) is 5.31. The van der Waals surface area contributed by atoms with Gasteiger partial charge in [-0.15, -0.1) is 22.7 Å². The molecule has 1 aliphatic rings. The van der Waals surface area contributed by atoms with E-state index in [1.54, 1.807) is 0 Å². The SMILES string of the molecule is Cc1cc(C(=O)Nc2sc(-c3ccccc3)c(C)c2C(=O)N2CCOCC2)sc1C. The van der Waals surface area contributed by atoms with Crippen LogP contribution in [-0.2, 0) is 4.74 Å². The van der Waals surface area contributed by atoms with Crippen LogP contribution >= 0.6 is 22.7 Å². The van der Waals surface area contributed by atoms with Crippen molar-refractivity contribution in [1.82, 2.24) is 4.90 Å². The van der Waals surface area contributed by atoms with Crippen LogP contribution in [0.2, 0.25) is 0 Å². The van der Waals surface area contributed by atoms with Gasteiger partial charge in [0, 0.05) is 22.8 Å². The van der Waals surface area contributed by atoms with Crippen molar-refractivity contribution in [2.75, 3.05) is 31.6 Å². The molecule has 1 saturated heterocycles. The minimum Gasteiger partial charge on any atom is -0.378 e. The molecule has 1 aromatic carbocycles. The molecule has 0 bridgehead atoms. The van der Waals surface area contributed by atoms with Crippen LogP contribution in [0.25, 0.3) is 10.4 Å². The highest BCUT2D eigenvalue weighted by Crippen LogP contribution is 2.41. The first-order valence-corrected chi connectivity index (χ1v) is 11.5. The maximum atomic E-state index is 13.4. The number of benzene rings is 1. The average molecular weight is 441 g/mol. The van der Waals surface area contributed by atoms with Crippen LogP contribution in [0.4, 0.5) is 5.00 Å². The minimum atomic E-state index is -0.173. The topological polar surface area (TPSA) is 58.6 Å². The van der Waals surface area contributed by atoms with E-state index in [1.807, 2.05) is 62.1 Å². The molecule has 3 heterocycles. The zero-order valence-electron chi connectivity index (χ0n) is 17.3. The van der Waals surface area contributed by atoms with Crippen molar-refractivity contribution in [1.29, 1.82) is 0 Å². The first kappa shape index (κ1) is 20.8. The maximum absolute atomic E-state index is 13.4. The summed E-state index contributed by atoms with van der Waals surface area (Å²) < 4.78 is 5.40. The number of aryl methyl sites for hydroxylation is 2. The number of hydrogen-bond donors (Lipinski definition) is 1. The zero-order valence-corrected chi connectivity index (χ0v) is 18.9. The van der Waals surface area contributed by atoms with Gasteiger partial charge in [-0.05, 0) is 43.5 Å². The number of carbonyl (C=O) groups excluding carboxylic acids is 2. The molecule has 5 nitrogen and oxygen atoms in total. The summed E-state index contributed by atoms with van der Waals surface area (Å²) in [5.74, 6) is -0.226. The van der Waals surface area contributed by atoms with Gasteiger partial charge in [0.25, 0.3) is 11.8 Å². The highest BCUT2D eigenvalue weighted by atomic mass is 32.1. The Morgan fingerprint density at radius 2 is 1.73 bits per heavy atom. The van der Waals surface area contributed by atoms with Crippen molar-refractivity contribution in [2.45, 2.75) is 20.8 Å². The molecule has 30 heavy (non-hydrogen) atoms. The number of carbonyl (C=O) groups is 2. The van der Waals surface area contributed by atoms with Gasteiger partial charge in [0.05, 0.1) is 23.7 Å². The predicted molar refractivity (Wildman–Crippen MR) is 123 cm³/mol. The lowest BCUT2D eigenvalue weighted by Crippen LogP contribution is -2.41. The van der Waals surface area contributed by atoms with Gasteiger partial charge in [-0.2, -0.15) is 0 Å². The van der Waals surface area contributed by atoms with E-state index in [-0.39, 0.29) is 11.8 Å². The van der Waals surface area contributed by atoms with Gasteiger partial charge < -0.3 is 15.0 Å². The second-order valence-electron chi connectivity index (χ2n) is 7.33. The Bertz CT molecular complexity index is 1060. The Balaban J connectivity index is 1.73. The normalized spacial score (nSPS) is 14.0. The number of ether oxygens (including phenoxy) is 1. The summed E-state index contributed by atoms with van der Waals surface area (Å²) in [4.78, 5) is 30.9. The average Bonchev–Trinajstić information content (AvgIpc) is 3.27. The van der Waals surface area contributed by atoms with Gasteiger partial charge in [-0.3, -0.25) is 9.59 Å². The molecule has 0 radical (unpaired) electrons. The molecule has 0 aliphatic carbocycles. The molecule has 7 heteroatoms. The standard InChI is InChI=1S/C23H24N2O3S2/c1-14-13-18(29-16(14)3)21(26)24-22-19(23(27)25-9-11-28-12-10-25)15(2)20(30-22)17-7-5-4-6-8-17/h4-8,13H,9-12H2,1-3H3,(H,24,26). The van der Waals surface area contributed by atoms with Crippen molar-refractivity contribution < 1.29 is 14.3 Å². The molecule has 2 aromatic heterocycles. The molecular weight excluding hydrogens is 416 g/mol. The largest absolute Gasteiger partial charge is 0.378 e. The predicted octanol–water partition coefficient (Wildman–Crippen LogP) is 5.13. The van der Waals surface area contributed by atoms with E-state index in [4.69, 9.17) is 4.74 Å². The second kappa shape index (κ2) is 8.71. The highest BCUT2D eigenvalue weighted by Gasteiger charge is 2.28. The highest BCUT2D eigenvalue weighted by molar-refractivity contribution is 7.20. The van der Waals surface area contributed by atoms with Crippen LogP contribution < -0.4 is 5.32 Å². The van der Waals surface area contributed by atoms with Gasteiger partial charge in [0.1, 0.15) is 5.00 Å². The van der Waals surface area contributed by atoms with Crippen molar-refractivity contribution in [3.05, 3.63) is 62.8 Å². The van der Waals surface area contributed by atoms with Crippen molar-refractivity contribution in [3.8, 4) is 10.4 Å². The molecule has 1 fully saturated rings. The Morgan fingerprint density at radius 3 is 2.37 bits per heavy atom. The van der Waals surface area contributed by atoms with Gasteiger partial charge in [-0.25, -0.2) is 0 Å². The lowest BCUT2D eigenvalue weighted by Gasteiger charge is -2.27. The first-order chi connectivity index (χ1) is 14.5. The Morgan fingerprint density at radius 1 is 1.03 bits per heavy atom. The summed E-state index contributed by atoms with van der Waals surface area (Å²) in [5, 5.41) is 3.64. The number of nitrogens with one attached hydrogen (secondary N) is 1. The fourth-order valence-corrected chi connectivity index (χ4v) is 5.63. The van der Waals surface area contributed by atoms with E-state index >= 15 is 0 Å². The molecular formula is C23H24N2O3S2. The number of anilines is 1. The lowest BCUT2D eigenvalue weighted by atomic mass is 10.1. The summed E-state index contributed by atoms with van der Waals surface area (Å²) in [6.07, 6.45) is 0. The molecule has 0 atom stereocenters. The molecule has 156 valence electrons. The summed E-state index contributed by atoms with van der Waals surface area (Å²) in [6, 6.07) is 11.9. The van der Waals surface area contributed by atoms with E-state index in [0.717, 1.165) is 26.4 Å². The number of morpholine rings is 1. The van der Waals surface area contributed by atoms with Crippen molar-refractivity contribution in [3.63, 3.8) is 0 Å². The monoisotopic (exact) mass is 440 g/mol. The molecule has 0 saturated carbocycles. The van der Waals surface area contributed by atoms with Crippen LogP contribution in [0, 0.1) is 20.8 Å². The fourth-order valence-electron chi connectivity index (χ4n) is 3.50. The summed E-state index contributed by atoms with van der Waals surface area (Å²) in [7, 11) is 0. The molecule has 4 rings (SSSR count). The maximum Gasteiger partial charge on any atom is 0.266 e. The number of rotatable bonds is 4. The van der Waals surface area contributed by atoms with E-state index in [1.165, 1.54) is 22.7 Å². The Hall–Kier alpha value is -2.48. The Labute approximate surface area is 184 Å². The molecule has 1 aliphatic heterocycles. The van der Waals surface area contributed by atoms with E-state index < -0.39 is 0 Å². The van der Waals surface area contributed by atoms with E-state index in [9.17, 15) is 9.59 Å². The van der Waals surface area contributed by atoms with Crippen LogP contribution in [-0.4, -0.2) is 43.0 Å². The molecule has 2 amide bonds. The molecule has 3 aromatic rings. The molecule has 1 N–H and O–H groups in total. The fraction of sp³-hybridized carbons (Fsp3) is 0.304. The summed E-state index contributed by atoms with van der Waals surface area (Å²) >= 11 is 2.93. The van der Waals surface area contributed by atoms with Crippen molar-refractivity contribution in [2.24, 2.45) is 0 Å². The number of thiophene rings is 2. The van der Waals surface area contributed by atoms with Gasteiger partial charge in [-0.1, -0.05) is 30.3 Å². The first-order valence-electron chi connectivity index (χ1n) is 9.90. The van der Waals surface area contributed by atoms with Crippen molar-refractivity contribution >= 4 is 39.5 Å². The lowest BCUT2D eigenvalue weighted by molar-refractivity contribution is 0.0303. The number of hydrogen-bond acceptors (Lipinski definition) is 5. The molecule has 0 spiro atoms. The number of amides is 2. The minimum absolute atomic E-state index is 0.0527. The van der Waals surface area contributed by atoms with Gasteiger partial charge in [0.2, 0.25) is 0 Å². The quantitative estimate of drug-likeness (QED) is 0.612. The van der Waals surface area contributed by atoms with Crippen LogP contribution in [0.1, 0.15) is 36.0 Å². The van der Waals surface area contributed by atoms with Gasteiger partial charge in [0.15, 0.2) is 0 Å². The van der Waals surface area contributed by atoms with Gasteiger partial charge >= 0.3 is 0 Å². The molecule has 0 unspecified atom stereocenters. The smallest absolute Gasteiger partial charge is 0.266 e. The van der Waals surface area contributed by atoms with E-state index in [2.05, 4.69) is 5.32 Å². The second-order valence-corrected chi connectivity index (χ2v) is 9.61. The van der Waals surface area contributed by atoms with Crippen LogP contribution in [0.5, 0.6) is 0 Å². The Kier molecular flexibility index (Phi) is 6.04. The van der Waals surface area contributed by atoms with Crippen LogP contribution in [0.15, 0.2) is 36.4 Å². The summed E-state index contributed by atoms with van der Waals surface area (Å²) in [6.45, 7) is 8.16. The third kappa shape index (κ3) is 4.05. The zero-order chi connectivity index (χ0) is 21.3. The summed E-state index contributed by atoms with van der Waals surface area (Å²) in [5.41, 5.74) is 3.62. The van der Waals surface area contributed by atoms with E-state index in [0.29, 0.717) is 41.7 Å². The third-order valence-corrected chi connectivity index (χ3v) is 7.72. The van der Waals surface area contributed by atoms with Crippen LogP contribution in [0.3, 0.4) is 0 Å².